The molecular formula is C13H23N2O3PS. The van der Waals surface area contributed by atoms with E-state index in [0.29, 0.717) is 31.7 Å². The van der Waals surface area contributed by atoms with Crippen molar-refractivity contribution in [1.82, 2.24) is 10.3 Å². The molecule has 114 valence electrons. The van der Waals surface area contributed by atoms with Crippen molar-refractivity contribution in [2.24, 2.45) is 5.92 Å². The van der Waals surface area contributed by atoms with Gasteiger partial charge in [0.15, 0.2) is 0 Å². The van der Waals surface area contributed by atoms with Crippen molar-refractivity contribution in [3.8, 4) is 0 Å². The molecule has 1 fully saturated rings. The van der Waals surface area contributed by atoms with Gasteiger partial charge in [-0.05, 0) is 25.7 Å². The van der Waals surface area contributed by atoms with Gasteiger partial charge in [-0.25, -0.2) is 4.98 Å². The van der Waals surface area contributed by atoms with Gasteiger partial charge < -0.3 is 15.1 Å². The number of aryl methyl sites for hydroxylation is 1. The van der Waals surface area contributed by atoms with Crippen LogP contribution in [0.2, 0.25) is 0 Å². The number of aromatic nitrogens is 1. The summed E-state index contributed by atoms with van der Waals surface area (Å²) in [5, 5.41) is 5.15. The van der Waals surface area contributed by atoms with Gasteiger partial charge in [0.05, 0.1) is 5.01 Å². The first-order valence-electron chi connectivity index (χ1n) is 7.04. The van der Waals surface area contributed by atoms with Gasteiger partial charge in [-0.15, -0.1) is 11.3 Å². The van der Waals surface area contributed by atoms with Crippen LogP contribution in [0.5, 0.6) is 0 Å². The molecule has 1 saturated carbocycles. The maximum atomic E-state index is 11.9. The highest BCUT2D eigenvalue weighted by molar-refractivity contribution is 7.53. The zero-order chi connectivity index (χ0) is 14.8. The SMILES string of the molecule is Cc1csc(CCN[C@]2(P(=O)(O)O)CCC[C@@H](C)C2)n1. The first kappa shape index (κ1) is 16.1. The quantitative estimate of drug-likeness (QED) is 0.727. The third kappa shape index (κ3) is 3.68. The smallest absolute Gasteiger partial charge is 0.323 e. The lowest BCUT2D eigenvalue weighted by molar-refractivity contribution is 0.212. The van der Waals surface area contributed by atoms with E-state index in [4.69, 9.17) is 0 Å². The van der Waals surface area contributed by atoms with Crippen molar-refractivity contribution in [3.05, 3.63) is 16.1 Å². The van der Waals surface area contributed by atoms with Crippen LogP contribution in [-0.4, -0.2) is 26.6 Å². The third-order valence-corrected chi connectivity index (χ3v) is 6.70. The lowest BCUT2D eigenvalue weighted by Crippen LogP contribution is -2.48. The Balaban J connectivity index is 2.00. The molecule has 0 aromatic carbocycles. The van der Waals surface area contributed by atoms with E-state index in [1.54, 1.807) is 11.3 Å². The van der Waals surface area contributed by atoms with Crippen LogP contribution in [0.25, 0.3) is 0 Å². The van der Waals surface area contributed by atoms with E-state index in [2.05, 4.69) is 17.2 Å². The van der Waals surface area contributed by atoms with Crippen LogP contribution in [-0.2, 0) is 11.0 Å². The van der Waals surface area contributed by atoms with Crippen LogP contribution in [0.1, 0.15) is 43.3 Å². The Kier molecular flexibility index (Phi) is 5.03. The molecule has 0 unspecified atom stereocenters. The number of nitrogens with zero attached hydrogens (tertiary/aromatic N) is 1. The molecule has 0 aliphatic heterocycles. The summed E-state index contributed by atoms with van der Waals surface area (Å²) in [6.45, 7) is 4.58. The number of nitrogens with one attached hydrogen (secondary N) is 1. The van der Waals surface area contributed by atoms with Gasteiger partial charge in [0.2, 0.25) is 0 Å². The summed E-state index contributed by atoms with van der Waals surface area (Å²) in [4.78, 5) is 23.9. The van der Waals surface area contributed by atoms with Crippen molar-refractivity contribution >= 4 is 18.9 Å². The standard InChI is InChI=1S/C13H23N2O3PS/c1-10-4-3-6-13(8-10,19(16,17)18)14-7-5-12-15-11(2)9-20-12/h9-10,14H,3-8H2,1-2H3,(H2,16,17,18)/t10-,13+/m1/s1. The van der Waals surface area contributed by atoms with Gasteiger partial charge in [0, 0.05) is 24.0 Å². The van der Waals surface area contributed by atoms with Gasteiger partial charge in [0.25, 0.3) is 0 Å². The molecule has 0 saturated heterocycles. The number of hydrogen-bond donors (Lipinski definition) is 3. The Bertz CT molecular complexity index is 502. The number of thiazole rings is 1. The van der Waals surface area contributed by atoms with Crippen molar-refractivity contribution in [1.29, 1.82) is 0 Å². The molecule has 2 rings (SSSR count). The lowest BCUT2D eigenvalue weighted by atomic mass is 9.86. The molecule has 1 aromatic rings. The zero-order valence-corrected chi connectivity index (χ0v) is 13.7. The second-order valence-electron chi connectivity index (χ2n) is 5.84. The normalized spacial score (nSPS) is 27.7. The largest absolute Gasteiger partial charge is 0.345 e. The van der Waals surface area contributed by atoms with Crippen LogP contribution in [0.4, 0.5) is 0 Å². The second-order valence-corrected chi connectivity index (χ2v) is 8.72. The topological polar surface area (TPSA) is 82.5 Å². The summed E-state index contributed by atoms with van der Waals surface area (Å²) in [7, 11) is -4.15. The van der Waals surface area contributed by atoms with Crippen LogP contribution in [0.3, 0.4) is 0 Å². The molecule has 1 aromatic heterocycles. The van der Waals surface area contributed by atoms with E-state index in [-0.39, 0.29) is 0 Å². The van der Waals surface area contributed by atoms with E-state index in [1.165, 1.54) is 0 Å². The monoisotopic (exact) mass is 318 g/mol. The van der Waals surface area contributed by atoms with Crippen LogP contribution in [0.15, 0.2) is 5.38 Å². The molecule has 1 heterocycles. The van der Waals surface area contributed by atoms with Crippen LogP contribution >= 0.6 is 18.9 Å². The van der Waals surface area contributed by atoms with E-state index < -0.39 is 12.9 Å². The minimum absolute atomic E-state index is 0.353. The van der Waals surface area contributed by atoms with Crippen molar-refractivity contribution in [3.63, 3.8) is 0 Å². The molecule has 0 bridgehead atoms. The van der Waals surface area contributed by atoms with Gasteiger partial charge in [-0.1, -0.05) is 19.8 Å². The van der Waals surface area contributed by atoms with E-state index in [1.807, 2.05) is 12.3 Å². The third-order valence-electron chi connectivity index (χ3n) is 3.99. The molecular weight excluding hydrogens is 295 g/mol. The molecule has 20 heavy (non-hydrogen) atoms. The average molecular weight is 318 g/mol. The Hall–Kier alpha value is -0.260. The fourth-order valence-corrected chi connectivity index (χ4v) is 5.06. The highest BCUT2D eigenvalue weighted by Gasteiger charge is 2.48. The fraction of sp³-hybridized carbons (Fsp3) is 0.769. The van der Waals surface area contributed by atoms with Crippen molar-refractivity contribution in [2.45, 2.75) is 51.2 Å². The highest BCUT2D eigenvalue weighted by Crippen LogP contribution is 2.56. The van der Waals surface area contributed by atoms with Gasteiger partial charge in [-0.2, -0.15) is 0 Å². The molecule has 0 amide bonds. The van der Waals surface area contributed by atoms with Gasteiger partial charge in [-0.3, -0.25) is 4.57 Å². The summed E-state index contributed by atoms with van der Waals surface area (Å²) in [5.74, 6) is 0.353. The molecule has 0 radical (unpaired) electrons. The number of rotatable bonds is 5. The van der Waals surface area contributed by atoms with Crippen LogP contribution < -0.4 is 5.32 Å². The van der Waals surface area contributed by atoms with E-state index >= 15 is 0 Å². The summed E-state index contributed by atoms with van der Waals surface area (Å²) < 4.78 is 11.9. The number of hydrogen-bond acceptors (Lipinski definition) is 4. The summed E-state index contributed by atoms with van der Waals surface area (Å²) >= 11 is 1.60. The van der Waals surface area contributed by atoms with Gasteiger partial charge >= 0.3 is 7.60 Å². The Morgan fingerprint density at radius 2 is 2.35 bits per heavy atom. The average Bonchev–Trinajstić information content (AvgIpc) is 2.74. The molecule has 7 heteroatoms. The molecule has 5 nitrogen and oxygen atoms in total. The maximum absolute atomic E-state index is 11.9. The summed E-state index contributed by atoms with van der Waals surface area (Å²) in [6.07, 6.45) is 3.74. The van der Waals surface area contributed by atoms with Crippen molar-refractivity contribution in [2.75, 3.05) is 6.54 Å². The lowest BCUT2D eigenvalue weighted by Gasteiger charge is -2.41. The van der Waals surface area contributed by atoms with Gasteiger partial charge in [0.1, 0.15) is 5.28 Å². The molecule has 3 N–H and O–H groups in total. The molecule has 1 aliphatic rings. The second kappa shape index (κ2) is 6.24. The Labute approximate surface area is 124 Å². The van der Waals surface area contributed by atoms with Crippen LogP contribution in [0, 0.1) is 12.8 Å². The summed E-state index contributed by atoms with van der Waals surface area (Å²) in [6, 6.07) is 0. The maximum Gasteiger partial charge on any atom is 0.345 e. The Morgan fingerprint density at radius 1 is 1.60 bits per heavy atom. The predicted octanol–water partition coefficient (Wildman–Crippen LogP) is 2.67. The van der Waals surface area contributed by atoms with Crippen molar-refractivity contribution < 1.29 is 14.4 Å². The van der Waals surface area contributed by atoms with E-state index in [9.17, 15) is 14.4 Å². The molecule has 2 atom stereocenters. The minimum Gasteiger partial charge on any atom is -0.323 e. The Morgan fingerprint density at radius 3 is 2.90 bits per heavy atom. The molecule has 1 aliphatic carbocycles. The summed E-state index contributed by atoms with van der Waals surface area (Å²) in [5.41, 5.74) is 1.00. The fourth-order valence-electron chi connectivity index (χ4n) is 2.97. The van der Waals surface area contributed by atoms with E-state index in [0.717, 1.165) is 23.5 Å². The predicted molar refractivity (Wildman–Crippen MR) is 81.0 cm³/mol. The zero-order valence-electron chi connectivity index (χ0n) is 12.0. The first-order valence-corrected chi connectivity index (χ1v) is 9.53. The molecule has 0 spiro atoms. The first-order chi connectivity index (χ1) is 9.32. The minimum atomic E-state index is -4.15. The highest BCUT2D eigenvalue weighted by atomic mass is 32.1.